The molecule has 0 bridgehead atoms. The Morgan fingerprint density at radius 3 is 2.78 bits per heavy atom. The lowest BCUT2D eigenvalue weighted by Crippen LogP contribution is -2.40. The van der Waals surface area contributed by atoms with E-state index >= 15 is 0 Å². The minimum Gasteiger partial charge on any atom is -0.488 e. The van der Waals surface area contributed by atoms with Gasteiger partial charge in [0.05, 0.1) is 12.5 Å². The van der Waals surface area contributed by atoms with Crippen LogP contribution in [0.15, 0.2) is 48.5 Å². The zero-order chi connectivity index (χ0) is 18.6. The fraction of sp³-hybridized carbons (Fsp3) is 0.409. The van der Waals surface area contributed by atoms with Crippen LogP contribution in [0.3, 0.4) is 0 Å². The van der Waals surface area contributed by atoms with Crippen LogP contribution in [-0.4, -0.2) is 42.2 Å². The van der Waals surface area contributed by atoms with Crippen molar-refractivity contribution in [2.45, 2.75) is 25.6 Å². The second-order valence-corrected chi connectivity index (χ2v) is 7.25. The number of para-hydroxylation sites is 1. The molecule has 5 nitrogen and oxygen atoms in total. The Bertz CT molecular complexity index is 759. The first-order chi connectivity index (χ1) is 13.2. The lowest BCUT2D eigenvalue weighted by molar-refractivity contribution is -0.143. The average molecular weight is 367 g/mol. The van der Waals surface area contributed by atoms with Gasteiger partial charge in [-0.1, -0.05) is 42.5 Å². The summed E-state index contributed by atoms with van der Waals surface area (Å²) in [5.74, 6) is -0.0847. The third-order valence-electron chi connectivity index (χ3n) is 5.47. The van der Waals surface area contributed by atoms with E-state index in [9.17, 15) is 9.90 Å². The van der Waals surface area contributed by atoms with Gasteiger partial charge in [-0.15, -0.1) is 0 Å². The molecule has 2 aliphatic heterocycles. The summed E-state index contributed by atoms with van der Waals surface area (Å²) in [5.41, 5.74) is 3.33. The van der Waals surface area contributed by atoms with Crippen molar-refractivity contribution in [2.75, 3.05) is 26.2 Å². The van der Waals surface area contributed by atoms with Crippen LogP contribution in [0.2, 0.25) is 0 Å². The maximum atomic E-state index is 11.3. The van der Waals surface area contributed by atoms with Crippen molar-refractivity contribution >= 4 is 5.97 Å². The molecule has 0 spiro atoms. The molecule has 0 aromatic heterocycles. The minimum absolute atomic E-state index is 0.167. The highest BCUT2D eigenvalue weighted by atomic mass is 16.5. The zero-order valence-corrected chi connectivity index (χ0v) is 15.3. The van der Waals surface area contributed by atoms with Crippen LogP contribution in [0.5, 0.6) is 5.75 Å². The number of hydrogen-bond acceptors (Lipinski definition) is 4. The molecule has 1 saturated heterocycles. The monoisotopic (exact) mass is 367 g/mol. The molecule has 0 radical (unpaired) electrons. The van der Waals surface area contributed by atoms with Gasteiger partial charge in [-0.3, -0.25) is 4.79 Å². The van der Waals surface area contributed by atoms with E-state index in [-0.39, 0.29) is 12.0 Å². The first-order valence-electron chi connectivity index (χ1n) is 9.58. The van der Waals surface area contributed by atoms with Crippen molar-refractivity contribution in [3.63, 3.8) is 0 Å². The predicted octanol–water partition coefficient (Wildman–Crippen LogP) is 3.48. The molecule has 2 aromatic carbocycles. The largest absolute Gasteiger partial charge is 0.488 e. The first-order valence-corrected chi connectivity index (χ1v) is 9.58. The van der Waals surface area contributed by atoms with E-state index in [0.717, 1.165) is 48.4 Å². The number of piperidine rings is 1. The quantitative estimate of drug-likeness (QED) is 0.877. The highest BCUT2D eigenvalue weighted by molar-refractivity contribution is 5.70. The van der Waals surface area contributed by atoms with Crippen molar-refractivity contribution < 1.29 is 19.4 Å². The average Bonchev–Trinajstić information content (AvgIpc) is 2.86. The van der Waals surface area contributed by atoms with Gasteiger partial charge < -0.3 is 19.5 Å². The second-order valence-electron chi connectivity index (χ2n) is 7.25. The van der Waals surface area contributed by atoms with Crippen LogP contribution in [0.25, 0.3) is 0 Å². The standard InChI is InChI=1S/C22H25NO4/c24-22(25)16-7-5-11-23(14-16)12-13-26-21-18-8-2-1-6-17(18)15-27-20-10-4-3-9-19(20)21/h1-4,6,8-10,16,21H,5,7,11-15H2,(H,24,25). The molecular weight excluding hydrogens is 342 g/mol. The number of fused-ring (bicyclic) bond motifs is 2. The Morgan fingerprint density at radius 2 is 1.93 bits per heavy atom. The van der Waals surface area contributed by atoms with Crippen molar-refractivity contribution in [1.82, 2.24) is 4.90 Å². The summed E-state index contributed by atoms with van der Waals surface area (Å²) in [6.45, 7) is 3.39. The van der Waals surface area contributed by atoms with Gasteiger partial charge in [-0.05, 0) is 36.6 Å². The number of nitrogens with zero attached hydrogens (tertiary/aromatic N) is 1. The van der Waals surface area contributed by atoms with Crippen LogP contribution in [-0.2, 0) is 16.1 Å². The molecule has 27 heavy (non-hydrogen) atoms. The van der Waals surface area contributed by atoms with Gasteiger partial charge in [-0.25, -0.2) is 0 Å². The molecule has 2 heterocycles. The SMILES string of the molecule is O=C(O)C1CCCN(CCOC2c3ccccc3COc3ccccc32)C1. The summed E-state index contributed by atoms with van der Waals surface area (Å²) in [6, 6.07) is 16.3. The van der Waals surface area contributed by atoms with Crippen LogP contribution >= 0.6 is 0 Å². The maximum absolute atomic E-state index is 11.3. The number of benzene rings is 2. The normalized spacial score (nSPS) is 22.2. The summed E-state index contributed by atoms with van der Waals surface area (Å²) in [5, 5.41) is 9.26. The Labute approximate surface area is 159 Å². The van der Waals surface area contributed by atoms with Crippen LogP contribution in [0.4, 0.5) is 0 Å². The van der Waals surface area contributed by atoms with Crippen molar-refractivity contribution in [3.05, 3.63) is 65.2 Å². The molecule has 0 aliphatic carbocycles. The minimum atomic E-state index is -0.690. The number of ether oxygens (including phenoxy) is 2. The van der Waals surface area contributed by atoms with E-state index in [1.807, 2.05) is 30.3 Å². The molecule has 2 unspecified atom stereocenters. The van der Waals surface area contributed by atoms with E-state index in [4.69, 9.17) is 9.47 Å². The molecule has 1 N–H and O–H groups in total. The summed E-state index contributed by atoms with van der Waals surface area (Å²) in [6.07, 6.45) is 1.53. The summed E-state index contributed by atoms with van der Waals surface area (Å²) < 4.78 is 12.3. The number of carbonyl (C=O) groups is 1. The van der Waals surface area contributed by atoms with Crippen LogP contribution in [0.1, 0.15) is 35.6 Å². The molecule has 2 aromatic rings. The van der Waals surface area contributed by atoms with Gasteiger partial charge in [0.1, 0.15) is 18.5 Å². The topological polar surface area (TPSA) is 59.0 Å². The summed E-state index contributed by atoms with van der Waals surface area (Å²) in [7, 11) is 0. The lowest BCUT2D eigenvalue weighted by atomic mass is 9.97. The number of rotatable bonds is 5. The van der Waals surface area contributed by atoms with Crippen molar-refractivity contribution in [1.29, 1.82) is 0 Å². The van der Waals surface area contributed by atoms with Crippen molar-refractivity contribution in [3.8, 4) is 5.75 Å². The highest BCUT2D eigenvalue weighted by Gasteiger charge is 2.27. The van der Waals surface area contributed by atoms with Crippen molar-refractivity contribution in [2.24, 2.45) is 5.92 Å². The Morgan fingerprint density at radius 1 is 1.15 bits per heavy atom. The smallest absolute Gasteiger partial charge is 0.307 e. The first kappa shape index (κ1) is 18.0. The Balaban J connectivity index is 1.47. The number of hydrogen-bond donors (Lipinski definition) is 1. The van der Waals surface area contributed by atoms with E-state index in [0.29, 0.717) is 19.8 Å². The molecule has 0 amide bonds. The maximum Gasteiger partial charge on any atom is 0.307 e. The summed E-state index contributed by atoms with van der Waals surface area (Å²) >= 11 is 0. The predicted molar refractivity (Wildman–Crippen MR) is 102 cm³/mol. The number of aliphatic carboxylic acids is 1. The number of carboxylic acids is 1. The zero-order valence-electron chi connectivity index (χ0n) is 15.3. The Hall–Kier alpha value is -2.37. The van der Waals surface area contributed by atoms with Gasteiger partial charge >= 0.3 is 5.97 Å². The van der Waals surface area contributed by atoms with E-state index < -0.39 is 5.97 Å². The third-order valence-corrected chi connectivity index (χ3v) is 5.47. The highest BCUT2D eigenvalue weighted by Crippen LogP contribution is 2.37. The molecule has 5 heteroatoms. The lowest BCUT2D eigenvalue weighted by Gasteiger charge is -2.31. The molecule has 1 fully saturated rings. The molecule has 0 saturated carbocycles. The molecule has 2 aliphatic rings. The van der Waals surface area contributed by atoms with Gasteiger partial charge in [0.2, 0.25) is 0 Å². The molecule has 4 rings (SSSR count). The van der Waals surface area contributed by atoms with Crippen LogP contribution < -0.4 is 4.74 Å². The van der Waals surface area contributed by atoms with Crippen LogP contribution in [0, 0.1) is 5.92 Å². The fourth-order valence-electron chi connectivity index (χ4n) is 4.01. The van der Waals surface area contributed by atoms with E-state index in [1.165, 1.54) is 0 Å². The van der Waals surface area contributed by atoms with E-state index in [2.05, 4.69) is 23.1 Å². The number of carboxylic acid groups (broad SMARTS) is 1. The fourth-order valence-corrected chi connectivity index (χ4v) is 4.01. The molecular formula is C22H25NO4. The van der Waals surface area contributed by atoms with Gasteiger partial charge in [0.25, 0.3) is 0 Å². The second kappa shape index (κ2) is 8.11. The third kappa shape index (κ3) is 3.99. The molecule has 142 valence electrons. The van der Waals surface area contributed by atoms with Gasteiger partial charge in [0, 0.05) is 18.7 Å². The number of likely N-dealkylation sites (tertiary alicyclic amines) is 1. The molecule has 2 atom stereocenters. The van der Waals surface area contributed by atoms with E-state index in [1.54, 1.807) is 0 Å². The van der Waals surface area contributed by atoms with Gasteiger partial charge in [0.15, 0.2) is 0 Å². The Kier molecular flexibility index (Phi) is 5.41. The van der Waals surface area contributed by atoms with Gasteiger partial charge in [-0.2, -0.15) is 0 Å². The summed E-state index contributed by atoms with van der Waals surface area (Å²) in [4.78, 5) is 13.5.